The fourth-order valence-electron chi connectivity index (χ4n) is 2.68. The molecule has 3 rings (SSSR count). The lowest BCUT2D eigenvalue weighted by molar-refractivity contribution is -0.179. The van der Waals surface area contributed by atoms with E-state index >= 15 is 0 Å². The van der Waals surface area contributed by atoms with Crippen molar-refractivity contribution < 1.29 is 9.47 Å². The van der Waals surface area contributed by atoms with Crippen LogP contribution in [0.15, 0.2) is 12.3 Å². The van der Waals surface area contributed by atoms with Crippen molar-refractivity contribution in [2.75, 3.05) is 13.2 Å². The van der Waals surface area contributed by atoms with Crippen molar-refractivity contribution in [1.82, 2.24) is 15.5 Å². The van der Waals surface area contributed by atoms with Gasteiger partial charge in [0.05, 0.1) is 13.2 Å². The van der Waals surface area contributed by atoms with Crippen LogP contribution in [0.3, 0.4) is 0 Å². The molecule has 2 N–H and O–H groups in total. The van der Waals surface area contributed by atoms with E-state index in [1.54, 1.807) is 6.20 Å². The van der Waals surface area contributed by atoms with Gasteiger partial charge in [0, 0.05) is 37.3 Å². The normalized spacial score (nSPS) is 24.5. The highest BCUT2D eigenvalue weighted by molar-refractivity contribution is 4.97. The molecule has 1 aliphatic heterocycles. The summed E-state index contributed by atoms with van der Waals surface area (Å²) in [5, 5.41) is 10.5. The average molecular weight is 237 g/mol. The van der Waals surface area contributed by atoms with Gasteiger partial charge in [-0.3, -0.25) is 5.10 Å². The Morgan fingerprint density at radius 1 is 1.35 bits per heavy atom. The van der Waals surface area contributed by atoms with Gasteiger partial charge in [-0.25, -0.2) is 0 Å². The molecule has 17 heavy (non-hydrogen) atoms. The van der Waals surface area contributed by atoms with E-state index in [0.717, 1.165) is 51.1 Å². The number of hydrogen-bond acceptors (Lipinski definition) is 4. The maximum Gasteiger partial charge on any atom is 0.168 e. The summed E-state index contributed by atoms with van der Waals surface area (Å²) in [4.78, 5) is 0. The second-order valence-corrected chi connectivity index (χ2v) is 4.84. The second kappa shape index (κ2) is 4.76. The van der Waals surface area contributed by atoms with Gasteiger partial charge in [-0.1, -0.05) is 0 Å². The Kier molecular flexibility index (Phi) is 3.13. The predicted molar refractivity (Wildman–Crippen MR) is 62.3 cm³/mol. The van der Waals surface area contributed by atoms with Gasteiger partial charge in [0.1, 0.15) is 0 Å². The summed E-state index contributed by atoms with van der Waals surface area (Å²) in [7, 11) is 0. The number of nitrogens with zero attached hydrogens (tertiary/aromatic N) is 1. The van der Waals surface area contributed by atoms with Gasteiger partial charge in [-0.05, 0) is 18.9 Å². The Bertz CT molecular complexity index is 337. The Labute approximate surface area is 101 Å². The molecule has 0 amide bonds. The number of aromatic nitrogens is 2. The molecule has 94 valence electrons. The minimum absolute atomic E-state index is 0.244. The van der Waals surface area contributed by atoms with Gasteiger partial charge in [0.15, 0.2) is 5.79 Å². The quantitative estimate of drug-likeness (QED) is 0.829. The molecule has 1 aliphatic carbocycles. The van der Waals surface area contributed by atoms with Gasteiger partial charge in [0.2, 0.25) is 0 Å². The number of nitrogens with one attached hydrogen (secondary N) is 2. The highest BCUT2D eigenvalue weighted by atomic mass is 16.7. The van der Waals surface area contributed by atoms with Crippen LogP contribution in [-0.2, 0) is 16.0 Å². The molecule has 2 fully saturated rings. The zero-order chi connectivity index (χ0) is 11.6. The summed E-state index contributed by atoms with van der Waals surface area (Å²) in [5.41, 5.74) is 1.14. The molecule has 1 aromatic rings. The third kappa shape index (κ3) is 2.51. The molecular weight excluding hydrogens is 218 g/mol. The number of aromatic amines is 1. The monoisotopic (exact) mass is 237 g/mol. The van der Waals surface area contributed by atoms with E-state index in [1.165, 1.54) is 0 Å². The lowest BCUT2D eigenvalue weighted by Crippen LogP contribution is -2.41. The molecule has 1 saturated heterocycles. The zero-order valence-electron chi connectivity index (χ0n) is 9.95. The first-order valence-corrected chi connectivity index (χ1v) is 6.36. The fraction of sp³-hybridized carbons (Fsp3) is 0.750. The standard InChI is InChI=1S/C12H19N3O2/c1-4-12(16-7-8-17-12)5-2-10(1)13-9-11-3-6-14-15-11/h3,6,10,13H,1-2,4-5,7-9H2,(H,14,15). The van der Waals surface area contributed by atoms with Gasteiger partial charge in [0.25, 0.3) is 0 Å². The van der Waals surface area contributed by atoms with Crippen molar-refractivity contribution in [3.8, 4) is 0 Å². The molecule has 0 radical (unpaired) electrons. The predicted octanol–water partition coefficient (Wildman–Crippen LogP) is 1.18. The lowest BCUT2D eigenvalue weighted by Gasteiger charge is -2.35. The maximum atomic E-state index is 5.71. The molecule has 1 aromatic heterocycles. The first-order valence-electron chi connectivity index (χ1n) is 6.36. The fourth-order valence-corrected chi connectivity index (χ4v) is 2.68. The highest BCUT2D eigenvalue weighted by Gasteiger charge is 2.40. The molecule has 5 heteroatoms. The van der Waals surface area contributed by atoms with E-state index in [2.05, 4.69) is 15.5 Å². The van der Waals surface area contributed by atoms with E-state index < -0.39 is 0 Å². The summed E-state index contributed by atoms with van der Waals surface area (Å²) >= 11 is 0. The number of hydrogen-bond donors (Lipinski definition) is 2. The first-order chi connectivity index (χ1) is 8.36. The van der Waals surface area contributed by atoms with Crippen molar-refractivity contribution in [3.63, 3.8) is 0 Å². The van der Waals surface area contributed by atoms with E-state index in [-0.39, 0.29) is 5.79 Å². The molecule has 5 nitrogen and oxygen atoms in total. The summed E-state index contributed by atoms with van der Waals surface area (Å²) in [6, 6.07) is 2.57. The molecule has 0 unspecified atom stereocenters. The SMILES string of the molecule is c1cc(CNC2CCC3(CC2)OCCO3)[nH]n1. The van der Waals surface area contributed by atoms with Crippen molar-refractivity contribution in [1.29, 1.82) is 0 Å². The summed E-state index contributed by atoms with van der Waals surface area (Å²) in [5.74, 6) is -0.244. The van der Waals surface area contributed by atoms with E-state index in [0.29, 0.717) is 6.04 Å². The van der Waals surface area contributed by atoms with Crippen molar-refractivity contribution in [2.45, 2.75) is 44.1 Å². The van der Waals surface area contributed by atoms with Crippen LogP contribution >= 0.6 is 0 Å². The summed E-state index contributed by atoms with van der Waals surface area (Å²) < 4.78 is 11.4. The van der Waals surface area contributed by atoms with Crippen LogP contribution in [-0.4, -0.2) is 35.2 Å². The average Bonchev–Trinajstić information content (AvgIpc) is 3.01. The maximum absolute atomic E-state index is 5.71. The molecule has 0 bridgehead atoms. The van der Waals surface area contributed by atoms with E-state index in [1.807, 2.05) is 6.07 Å². The van der Waals surface area contributed by atoms with Crippen LogP contribution in [0.4, 0.5) is 0 Å². The summed E-state index contributed by atoms with van der Waals surface area (Å²) in [6.45, 7) is 2.37. The van der Waals surface area contributed by atoms with Crippen LogP contribution in [0.1, 0.15) is 31.4 Å². The molecule has 2 aliphatic rings. The Morgan fingerprint density at radius 2 is 2.12 bits per heavy atom. The van der Waals surface area contributed by atoms with Gasteiger partial charge < -0.3 is 14.8 Å². The first kappa shape index (κ1) is 11.2. The largest absolute Gasteiger partial charge is 0.348 e. The van der Waals surface area contributed by atoms with Gasteiger partial charge in [-0.2, -0.15) is 5.10 Å². The number of ether oxygens (including phenoxy) is 2. The van der Waals surface area contributed by atoms with Crippen LogP contribution in [0, 0.1) is 0 Å². The topological polar surface area (TPSA) is 59.2 Å². The van der Waals surface area contributed by atoms with Crippen LogP contribution in [0.2, 0.25) is 0 Å². The van der Waals surface area contributed by atoms with Crippen LogP contribution < -0.4 is 5.32 Å². The Hall–Kier alpha value is -0.910. The number of H-pyrrole nitrogens is 1. The molecule has 1 spiro atoms. The molecule has 2 heterocycles. The third-order valence-corrected chi connectivity index (χ3v) is 3.70. The van der Waals surface area contributed by atoms with E-state index in [9.17, 15) is 0 Å². The minimum Gasteiger partial charge on any atom is -0.348 e. The summed E-state index contributed by atoms with van der Waals surface area (Å²) in [6.07, 6.45) is 6.04. The number of rotatable bonds is 3. The third-order valence-electron chi connectivity index (χ3n) is 3.70. The van der Waals surface area contributed by atoms with Crippen LogP contribution in [0.25, 0.3) is 0 Å². The van der Waals surface area contributed by atoms with Crippen LogP contribution in [0.5, 0.6) is 0 Å². The Morgan fingerprint density at radius 3 is 2.76 bits per heavy atom. The smallest absolute Gasteiger partial charge is 0.168 e. The van der Waals surface area contributed by atoms with Crippen molar-refractivity contribution in [2.24, 2.45) is 0 Å². The zero-order valence-corrected chi connectivity index (χ0v) is 9.95. The van der Waals surface area contributed by atoms with Crippen molar-refractivity contribution in [3.05, 3.63) is 18.0 Å². The Balaban J connectivity index is 1.45. The van der Waals surface area contributed by atoms with Gasteiger partial charge in [-0.15, -0.1) is 0 Å². The lowest BCUT2D eigenvalue weighted by atomic mass is 9.90. The molecule has 0 atom stereocenters. The molecule has 0 aromatic carbocycles. The molecule has 1 saturated carbocycles. The van der Waals surface area contributed by atoms with Crippen molar-refractivity contribution >= 4 is 0 Å². The molecular formula is C12H19N3O2. The van der Waals surface area contributed by atoms with Gasteiger partial charge >= 0.3 is 0 Å². The second-order valence-electron chi connectivity index (χ2n) is 4.84. The van der Waals surface area contributed by atoms with E-state index in [4.69, 9.17) is 9.47 Å². The highest BCUT2D eigenvalue weighted by Crippen LogP contribution is 2.35. The minimum atomic E-state index is -0.244.